The van der Waals surface area contributed by atoms with Gasteiger partial charge in [-0.25, -0.2) is 18.5 Å². The van der Waals surface area contributed by atoms with Crippen LogP contribution < -0.4 is 10.2 Å². The van der Waals surface area contributed by atoms with Crippen LogP contribution in [0.25, 0.3) is 0 Å². The maximum atomic E-state index is 13.7. The quantitative estimate of drug-likeness (QED) is 0.539. The number of piperidine rings is 1. The van der Waals surface area contributed by atoms with Crippen LogP contribution in [0.4, 0.5) is 32.4 Å². The molecule has 1 spiro atoms. The number of carbonyl (C=O) groups excluding carboxylic acids is 2. The number of benzene rings is 1. The van der Waals surface area contributed by atoms with E-state index in [1.54, 1.807) is 0 Å². The normalized spacial score (nSPS) is 18.3. The summed E-state index contributed by atoms with van der Waals surface area (Å²) in [6.07, 6.45) is -3.46. The third kappa shape index (κ3) is 4.14. The number of alkyl halides is 3. The molecular weight excluding hydrogens is 459 g/mol. The number of aromatic nitrogens is 1. The fourth-order valence-corrected chi connectivity index (χ4v) is 4.08. The van der Waals surface area contributed by atoms with Crippen molar-refractivity contribution in [1.82, 2.24) is 15.2 Å². The number of imide groups is 1. The highest BCUT2D eigenvalue weighted by Gasteiger charge is 2.57. The summed E-state index contributed by atoms with van der Waals surface area (Å²) < 4.78 is 66.6. The molecule has 2 aromatic rings. The molecule has 32 heavy (non-hydrogen) atoms. The summed E-state index contributed by atoms with van der Waals surface area (Å²) >= 11 is 0. The molecule has 2 fully saturated rings. The average molecular weight is 477 g/mol. The largest absolute Gasteiger partial charge is 0.433 e. The van der Waals surface area contributed by atoms with Gasteiger partial charge in [0.1, 0.15) is 22.9 Å². The van der Waals surface area contributed by atoms with Crippen molar-refractivity contribution < 1.29 is 31.5 Å². The van der Waals surface area contributed by atoms with Gasteiger partial charge in [0.15, 0.2) is 0 Å². The van der Waals surface area contributed by atoms with Gasteiger partial charge in [-0.2, -0.15) is 13.2 Å². The van der Waals surface area contributed by atoms with Gasteiger partial charge in [-0.15, -0.1) is 12.4 Å². The van der Waals surface area contributed by atoms with Crippen LogP contribution in [0.5, 0.6) is 0 Å². The zero-order chi connectivity index (χ0) is 22.4. The molecule has 172 valence electrons. The van der Waals surface area contributed by atoms with E-state index in [-0.39, 0.29) is 43.0 Å². The summed E-state index contributed by atoms with van der Waals surface area (Å²) in [7, 11) is 0. The van der Waals surface area contributed by atoms with Crippen LogP contribution in [0.15, 0.2) is 36.5 Å². The molecule has 0 radical (unpaired) electrons. The van der Waals surface area contributed by atoms with Crippen molar-refractivity contribution in [3.05, 3.63) is 59.4 Å². The van der Waals surface area contributed by atoms with Crippen molar-refractivity contribution in [1.29, 1.82) is 0 Å². The lowest BCUT2D eigenvalue weighted by Gasteiger charge is -2.38. The van der Waals surface area contributed by atoms with E-state index in [0.29, 0.717) is 30.1 Å². The standard InChI is InChI=1S/C20H17F5N4O2.ClH/c21-13-7-12(8-14(22)9-13)11-28-18(31)29(17(30)19(28)2-5-26-6-3-19)15-1-4-27-16(10-15)20(23,24)25;/h1,4,7-10,26H,2-3,5-6,11H2;1H. The molecule has 1 aromatic heterocycles. The number of carbonyl (C=O) groups is 2. The van der Waals surface area contributed by atoms with Crippen LogP contribution >= 0.6 is 12.4 Å². The van der Waals surface area contributed by atoms with E-state index in [1.165, 1.54) is 4.90 Å². The predicted octanol–water partition coefficient (Wildman–Crippen LogP) is 3.89. The van der Waals surface area contributed by atoms with Crippen molar-refractivity contribution in [3.63, 3.8) is 0 Å². The number of hydrogen-bond donors (Lipinski definition) is 1. The number of rotatable bonds is 3. The van der Waals surface area contributed by atoms with Gasteiger partial charge in [-0.1, -0.05) is 0 Å². The number of amides is 3. The minimum absolute atomic E-state index is 0. The highest BCUT2D eigenvalue weighted by atomic mass is 35.5. The first-order chi connectivity index (χ1) is 14.6. The second-order valence-corrected chi connectivity index (χ2v) is 7.47. The Morgan fingerprint density at radius 3 is 2.25 bits per heavy atom. The van der Waals surface area contributed by atoms with Gasteiger partial charge < -0.3 is 10.2 Å². The molecule has 2 saturated heterocycles. The number of halogens is 6. The van der Waals surface area contributed by atoms with E-state index < -0.39 is 41.0 Å². The maximum Gasteiger partial charge on any atom is 0.433 e. The molecule has 4 rings (SSSR count). The Morgan fingerprint density at radius 1 is 1.03 bits per heavy atom. The Morgan fingerprint density at radius 2 is 1.66 bits per heavy atom. The van der Waals surface area contributed by atoms with Crippen LogP contribution in [-0.2, 0) is 17.5 Å². The van der Waals surface area contributed by atoms with Crippen molar-refractivity contribution >= 4 is 30.0 Å². The molecule has 12 heteroatoms. The van der Waals surface area contributed by atoms with E-state index in [2.05, 4.69) is 10.3 Å². The molecule has 0 unspecified atom stereocenters. The average Bonchev–Trinajstić information content (AvgIpc) is 2.89. The summed E-state index contributed by atoms with van der Waals surface area (Å²) in [5, 5.41) is 3.07. The summed E-state index contributed by atoms with van der Waals surface area (Å²) in [5.41, 5.74) is -2.70. The monoisotopic (exact) mass is 476 g/mol. The topological polar surface area (TPSA) is 65.5 Å². The number of anilines is 1. The molecular formula is C20H18ClF5N4O2. The van der Waals surface area contributed by atoms with Crippen molar-refractivity contribution in [2.75, 3.05) is 18.0 Å². The highest BCUT2D eigenvalue weighted by Crippen LogP contribution is 2.40. The Bertz CT molecular complexity index is 1020. The lowest BCUT2D eigenvalue weighted by Crippen LogP contribution is -2.55. The molecule has 0 aliphatic carbocycles. The van der Waals surface area contributed by atoms with Gasteiger partial charge in [0, 0.05) is 18.8 Å². The third-order valence-electron chi connectivity index (χ3n) is 5.53. The molecule has 3 heterocycles. The summed E-state index contributed by atoms with van der Waals surface area (Å²) in [6, 6.07) is 3.71. The first kappa shape index (κ1) is 23.9. The molecule has 1 N–H and O–H groups in total. The molecule has 0 atom stereocenters. The highest BCUT2D eigenvalue weighted by molar-refractivity contribution is 6.23. The van der Waals surface area contributed by atoms with Gasteiger partial charge in [-0.3, -0.25) is 9.78 Å². The van der Waals surface area contributed by atoms with Crippen molar-refractivity contribution in [2.24, 2.45) is 0 Å². The third-order valence-corrected chi connectivity index (χ3v) is 5.53. The number of urea groups is 1. The number of hydrogen-bond acceptors (Lipinski definition) is 4. The molecule has 6 nitrogen and oxygen atoms in total. The number of nitrogens with one attached hydrogen (secondary N) is 1. The smallest absolute Gasteiger partial charge is 0.317 e. The van der Waals surface area contributed by atoms with Crippen LogP contribution in [0.3, 0.4) is 0 Å². The van der Waals surface area contributed by atoms with E-state index >= 15 is 0 Å². The number of nitrogens with zero attached hydrogens (tertiary/aromatic N) is 3. The van der Waals surface area contributed by atoms with Gasteiger partial charge in [0.2, 0.25) is 0 Å². The zero-order valence-corrected chi connectivity index (χ0v) is 17.3. The minimum Gasteiger partial charge on any atom is -0.317 e. The molecule has 0 saturated carbocycles. The van der Waals surface area contributed by atoms with E-state index in [0.717, 1.165) is 24.4 Å². The minimum atomic E-state index is -4.76. The predicted molar refractivity (Wildman–Crippen MR) is 106 cm³/mol. The Balaban J connectivity index is 0.00000289. The number of pyridine rings is 1. The lowest BCUT2D eigenvalue weighted by molar-refractivity contribution is -0.141. The second-order valence-electron chi connectivity index (χ2n) is 7.47. The summed E-state index contributed by atoms with van der Waals surface area (Å²) in [6.45, 7) is 0.517. The summed E-state index contributed by atoms with van der Waals surface area (Å²) in [4.78, 5) is 31.8. The molecule has 2 aliphatic rings. The Labute approximate surface area is 185 Å². The Hall–Kier alpha value is -2.79. The van der Waals surface area contributed by atoms with E-state index in [4.69, 9.17) is 0 Å². The van der Waals surface area contributed by atoms with Crippen molar-refractivity contribution in [2.45, 2.75) is 31.1 Å². The molecule has 2 aliphatic heterocycles. The fourth-order valence-electron chi connectivity index (χ4n) is 4.08. The van der Waals surface area contributed by atoms with E-state index in [1.807, 2.05) is 0 Å². The second kappa shape index (κ2) is 8.62. The van der Waals surface area contributed by atoms with Crippen LogP contribution in [0, 0.1) is 11.6 Å². The van der Waals surface area contributed by atoms with Crippen LogP contribution in [0.2, 0.25) is 0 Å². The Kier molecular flexibility index (Phi) is 6.43. The molecule has 3 amide bonds. The summed E-state index contributed by atoms with van der Waals surface area (Å²) in [5.74, 6) is -2.35. The van der Waals surface area contributed by atoms with Gasteiger partial charge in [0.25, 0.3) is 5.91 Å². The first-order valence-corrected chi connectivity index (χ1v) is 9.47. The first-order valence-electron chi connectivity index (χ1n) is 9.47. The van der Waals surface area contributed by atoms with Gasteiger partial charge in [-0.05, 0) is 55.8 Å². The maximum absolute atomic E-state index is 13.7. The van der Waals surface area contributed by atoms with Crippen LogP contribution in [0.1, 0.15) is 24.1 Å². The van der Waals surface area contributed by atoms with E-state index in [9.17, 15) is 31.5 Å². The SMILES string of the molecule is Cl.O=C1N(c2ccnc(C(F)(F)F)c2)C(=O)C2(CCNCC2)N1Cc1cc(F)cc(F)c1. The fraction of sp³-hybridized carbons (Fsp3) is 0.350. The zero-order valence-electron chi connectivity index (χ0n) is 16.5. The molecule has 1 aromatic carbocycles. The van der Waals surface area contributed by atoms with Crippen molar-refractivity contribution in [3.8, 4) is 0 Å². The lowest BCUT2D eigenvalue weighted by atomic mass is 9.86. The molecule has 0 bridgehead atoms. The van der Waals surface area contributed by atoms with Crippen LogP contribution in [-0.4, -0.2) is 40.5 Å². The van der Waals surface area contributed by atoms with Gasteiger partial charge >= 0.3 is 12.2 Å². The van der Waals surface area contributed by atoms with Gasteiger partial charge in [0.05, 0.1) is 5.69 Å².